The Morgan fingerprint density at radius 1 is 1.41 bits per heavy atom. The van der Waals surface area contributed by atoms with Crippen LogP contribution in [0.5, 0.6) is 11.9 Å². The number of aryl methyl sites for hydroxylation is 1. The number of aromatic nitrogens is 2. The van der Waals surface area contributed by atoms with E-state index in [2.05, 4.69) is 16.9 Å². The summed E-state index contributed by atoms with van der Waals surface area (Å²) in [6, 6.07) is 2.48. The normalized spacial score (nSPS) is 23.0. The van der Waals surface area contributed by atoms with Crippen molar-refractivity contribution in [3.63, 3.8) is 0 Å². The maximum atomic E-state index is 5.70. The molecule has 5 heteroatoms. The minimum absolute atomic E-state index is 0.158. The Hall–Kier alpha value is -1.36. The zero-order valence-corrected chi connectivity index (χ0v) is 10.3. The van der Waals surface area contributed by atoms with Gasteiger partial charge in [-0.15, -0.1) is 0 Å². The molecule has 0 amide bonds. The zero-order chi connectivity index (χ0) is 12.3. The second kappa shape index (κ2) is 5.31. The molecule has 0 atom stereocenters. The zero-order valence-electron chi connectivity index (χ0n) is 10.3. The van der Waals surface area contributed by atoms with Gasteiger partial charge in [0.15, 0.2) is 0 Å². The molecule has 0 bridgehead atoms. The molecular formula is C12H19N3O2. The molecular weight excluding hydrogens is 218 g/mol. The fourth-order valence-electron chi connectivity index (χ4n) is 1.70. The molecule has 0 saturated heterocycles. The van der Waals surface area contributed by atoms with Crippen molar-refractivity contribution in [2.75, 3.05) is 6.61 Å². The molecule has 1 fully saturated rings. The van der Waals surface area contributed by atoms with Crippen LogP contribution in [-0.2, 0) is 0 Å². The quantitative estimate of drug-likeness (QED) is 0.839. The SMILES string of the molecule is CCCOc1cc(C)nc(OC2CC(N)C2)n1. The minimum atomic E-state index is 0.158. The number of hydrogen-bond acceptors (Lipinski definition) is 5. The van der Waals surface area contributed by atoms with Crippen LogP contribution >= 0.6 is 0 Å². The molecule has 1 aliphatic carbocycles. The van der Waals surface area contributed by atoms with Crippen molar-refractivity contribution in [1.82, 2.24) is 9.97 Å². The van der Waals surface area contributed by atoms with Crippen LogP contribution in [-0.4, -0.2) is 28.7 Å². The van der Waals surface area contributed by atoms with Gasteiger partial charge in [0.2, 0.25) is 5.88 Å². The lowest BCUT2D eigenvalue weighted by Gasteiger charge is -2.31. The van der Waals surface area contributed by atoms with E-state index in [1.807, 2.05) is 13.0 Å². The Kier molecular flexibility index (Phi) is 3.78. The third kappa shape index (κ3) is 3.30. The molecule has 0 aliphatic heterocycles. The van der Waals surface area contributed by atoms with E-state index in [9.17, 15) is 0 Å². The van der Waals surface area contributed by atoms with E-state index in [0.717, 1.165) is 25.0 Å². The van der Waals surface area contributed by atoms with Crippen molar-refractivity contribution in [1.29, 1.82) is 0 Å². The summed E-state index contributed by atoms with van der Waals surface area (Å²) >= 11 is 0. The van der Waals surface area contributed by atoms with Gasteiger partial charge in [0.25, 0.3) is 0 Å². The molecule has 5 nitrogen and oxygen atoms in total. The lowest BCUT2D eigenvalue weighted by molar-refractivity contribution is 0.0890. The summed E-state index contributed by atoms with van der Waals surface area (Å²) in [5.41, 5.74) is 6.55. The fourth-order valence-corrected chi connectivity index (χ4v) is 1.70. The Labute approximate surface area is 101 Å². The van der Waals surface area contributed by atoms with E-state index in [-0.39, 0.29) is 12.1 Å². The average molecular weight is 237 g/mol. The van der Waals surface area contributed by atoms with Crippen molar-refractivity contribution >= 4 is 0 Å². The fraction of sp³-hybridized carbons (Fsp3) is 0.667. The number of hydrogen-bond donors (Lipinski definition) is 1. The first-order valence-electron chi connectivity index (χ1n) is 6.08. The highest BCUT2D eigenvalue weighted by molar-refractivity contribution is 5.17. The maximum Gasteiger partial charge on any atom is 0.320 e. The van der Waals surface area contributed by atoms with E-state index in [0.29, 0.717) is 18.5 Å². The average Bonchev–Trinajstić information content (AvgIpc) is 2.23. The van der Waals surface area contributed by atoms with Gasteiger partial charge in [0.05, 0.1) is 6.61 Å². The monoisotopic (exact) mass is 237 g/mol. The second-order valence-electron chi connectivity index (χ2n) is 4.45. The number of nitrogens with two attached hydrogens (primary N) is 1. The number of nitrogens with zero attached hydrogens (tertiary/aromatic N) is 2. The summed E-state index contributed by atoms with van der Waals surface area (Å²) in [6.45, 7) is 4.62. The lowest BCUT2D eigenvalue weighted by Crippen LogP contribution is -2.43. The highest BCUT2D eigenvalue weighted by atomic mass is 16.5. The van der Waals surface area contributed by atoms with E-state index < -0.39 is 0 Å². The predicted octanol–water partition coefficient (Wildman–Crippen LogP) is 1.44. The Balaban J connectivity index is 1.98. The second-order valence-corrected chi connectivity index (χ2v) is 4.45. The standard InChI is InChI=1S/C12H19N3O2/c1-3-4-16-11-5-8(2)14-12(15-11)17-10-6-9(13)7-10/h5,9-10H,3-4,6-7,13H2,1-2H3. The van der Waals surface area contributed by atoms with Crippen molar-refractivity contribution in [3.05, 3.63) is 11.8 Å². The molecule has 0 aromatic carbocycles. The molecule has 2 N–H and O–H groups in total. The van der Waals surface area contributed by atoms with Gasteiger partial charge in [-0.1, -0.05) is 6.92 Å². The van der Waals surface area contributed by atoms with Crippen LogP contribution in [0.3, 0.4) is 0 Å². The van der Waals surface area contributed by atoms with E-state index in [1.165, 1.54) is 0 Å². The van der Waals surface area contributed by atoms with Crippen LogP contribution in [0.2, 0.25) is 0 Å². The van der Waals surface area contributed by atoms with E-state index in [4.69, 9.17) is 15.2 Å². The van der Waals surface area contributed by atoms with Gasteiger partial charge >= 0.3 is 6.01 Å². The summed E-state index contributed by atoms with van der Waals surface area (Å²) < 4.78 is 11.1. The van der Waals surface area contributed by atoms with E-state index in [1.54, 1.807) is 0 Å². The topological polar surface area (TPSA) is 70.3 Å². The summed E-state index contributed by atoms with van der Waals surface area (Å²) in [7, 11) is 0. The lowest BCUT2D eigenvalue weighted by atomic mass is 9.90. The Morgan fingerprint density at radius 2 is 2.18 bits per heavy atom. The van der Waals surface area contributed by atoms with Crippen LogP contribution in [0.25, 0.3) is 0 Å². The summed E-state index contributed by atoms with van der Waals surface area (Å²) in [6.07, 6.45) is 2.87. The molecule has 0 unspecified atom stereocenters. The highest BCUT2D eigenvalue weighted by Crippen LogP contribution is 2.23. The minimum Gasteiger partial charge on any atom is -0.478 e. The van der Waals surface area contributed by atoms with Crippen LogP contribution < -0.4 is 15.2 Å². The summed E-state index contributed by atoms with van der Waals surface area (Å²) in [5.74, 6) is 0.581. The van der Waals surface area contributed by atoms with E-state index >= 15 is 0 Å². The first-order chi connectivity index (χ1) is 8.17. The third-order valence-electron chi connectivity index (χ3n) is 2.67. The molecule has 1 saturated carbocycles. The Bertz CT molecular complexity index is 378. The van der Waals surface area contributed by atoms with Crippen molar-refractivity contribution < 1.29 is 9.47 Å². The molecule has 0 spiro atoms. The van der Waals surface area contributed by atoms with Gasteiger partial charge < -0.3 is 15.2 Å². The molecule has 17 heavy (non-hydrogen) atoms. The van der Waals surface area contributed by atoms with Gasteiger partial charge in [-0.05, 0) is 26.2 Å². The molecule has 1 aromatic heterocycles. The molecule has 0 radical (unpaired) electrons. The third-order valence-corrected chi connectivity index (χ3v) is 2.67. The largest absolute Gasteiger partial charge is 0.478 e. The van der Waals surface area contributed by atoms with Gasteiger partial charge in [-0.2, -0.15) is 4.98 Å². The van der Waals surface area contributed by atoms with Gasteiger partial charge in [-0.3, -0.25) is 0 Å². The van der Waals surface area contributed by atoms with Gasteiger partial charge in [0, 0.05) is 17.8 Å². The van der Waals surface area contributed by atoms with Crippen LogP contribution in [0, 0.1) is 6.92 Å². The first kappa shape index (κ1) is 12.1. The molecule has 94 valence electrons. The molecule has 1 aromatic rings. The summed E-state index contributed by atoms with van der Waals surface area (Å²) in [5, 5.41) is 0. The predicted molar refractivity (Wildman–Crippen MR) is 64.2 cm³/mol. The Morgan fingerprint density at radius 3 is 2.82 bits per heavy atom. The van der Waals surface area contributed by atoms with Gasteiger partial charge in [0.1, 0.15) is 6.10 Å². The van der Waals surface area contributed by atoms with Crippen molar-refractivity contribution in [2.24, 2.45) is 5.73 Å². The van der Waals surface area contributed by atoms with Crippen molar-refractivity contribution in [2.45, 2.75) is 45.3 Å². The van der Waals surface area contributed by atoms with Crippen molar-refractivity contribution in [3.8, 4) is 11.9 Å². The van der Waals surface area contributed by atoms with Crippen LogP contribution in [0.1, 0.15) is 31.9 Å². The van der Waals surface area contributed by atoms with Crippen LogP contribution in [0.4, 0.5) is 0 Å². The number of rotatable bonds is 5. The number of ether oxygens (including phenoxy) is 2. The highest BCUT2D eigenvalue weighted by Gasteiger charge is 2.28. The van der Waals surface area contributed by atoms with Gasteiger partial charge in [-0.25, -0.2) is 4.98 Å². The molecule has 1 heterocycles. The molecule has 2 rings (SSSR count). The first-order valence-corrected chi connectivity index (χ1v) is 6.08. The van der Waals surface area contributed by atoms with Crippen LogP contribution in [0.15, 0.2) is 6.07 Å². The smallest absolute Gasteiger partial charge is 0.320 e. The molecule has 1 aliphatic rings. The summed E-state index contributed by atoms with van der Waals surface area (Å²) in [4.78, 5) is 8.46. The maximum absolute atomic E-state index is 5.70.